The minimum absolute atomic E-state index is 0.0234. The molecule has 0 radical (unpaired) electrons. The Balaban J connectivity index is 2.92. The van der Waals surface area contributed by atoms with Gasteiger partial charge in [-0.15, -0.1) is 0 Å². The number of anilines is 2. The van der Waals surface area contributed by atoms with Gasteiger partial charge in [0.05, 0.1) is 0 Å². The van der Waals surface area contributed by atoms with Crippen LogP contribution in [0, 0.1) is 0 Å². The molecule has 1 rings (SSSR count). The van der Waals surface area contributed by atoms with Crippen LogP contribution >= 0.6 is 0 Å². The van der Waals surface area contributed by atoms with Gasteiger partial charge < -0.3 is 16.0 Å². The van der Waals surface area contributed by atoms with E-state index < -0.39 is 0 Å². The number of likely N-dealkylation sites (N-methyl/N-ethyl adjacent to an activating group) is 1. The maximum atomic E-state index is 11.7. The van der Waals surface area contributed by atoms with Crippen molar-refractivity contribution in [3.8, 4) is 0 Å². The third-order valence-corrected chi connectivity index (χ3v) is 2.78. The Kier molecular flexibility index (Phi) is 4.82. The monoisotopic (exact) mass is 235 g/mol. The number of hydrogen-bond donors (Lipinski definition) is 2. The quantitative estimate of drug-likeness (QED) is 0.762. The standard InChI is InChI=1S/C13H21N3O/c1-4-9-16(10(2)13(17)15-3)12-7-5-11(14)6-8-12/h5-8,10H,4,9,14H2,1-3H3,(H,15,17). The van der Waals surface area contributed by atoms with Gasteiger partial charge in [-0.2, -0.15) is 0 Å². The molecule has 4 nitrogen and oxygen atoms in total. The van der Waals surface area contributed by atoms with E-state index in [9.17, 15) is 4.79 Å². The van der Waals surface area contributed by atoms with Gasteiger partial charge in [0.25, 0.3) is 0 Å². The summed E-state index contributed by atoms with van der Waals surface area (Å²) < 4.78 is 0. The summed E-state index contributed by atoms with van der Waals surface area (Å²) in [6, 6.07) is 7.43. The first-order valence-corrected chi connectivity index (χ1v) is 5.94. The lowest BCUT2D eigenvalue weighted by Gasteiger charge is -2.29. The summed E-state index contributed by atoms with van der Waals surface area (Å²) in [6.07, 6.45) is 0.992. The molecule has 0 aliphatic carbocycles. The molecule has 1 unspecified atom stereocenters. The fourth-order valence-electron chi connectivity index (χ4n) is 1.80. The molecule has 0 aliphatic heterocycles. The number of hydrogen-bond acceptors (Lipinski definition) is 3. The van der Waals surface area contributed by atoms with Gasteiger partial charge in [0.15, 0.2) is 0 Å². The molecule has 0 aromatic heterocycles. The molecule has 0 aliphatic rings. The Morgan fingerprint density at radius 3 is 2.47 bits per heavy atom. The van der Waals surface area contributed by atoms with Gasteiger partial charge in [0.2, 0.25) is 5.91 Å². The third kappa shape index (κ3) is 3.37. The molecule has 1 aromatic rings. The zero-order chi connectivity index (χ0) is 12.8. The minimum atomic E-state index is -0.177. The van der Waals surface area contributed by atoms with E-state index in [0.29, 0.717) is 0 Å². The van der Waals surface area contributed by atoms with Crippen LogP contribution in [-0.4, -0.2) is 25.5 Å². The topological polar surface area (TPSA) is 58.4 Å². The molecule has 1 atom stereocenters. The van der Waals surface area contributed by atoms with Gasteiger partial charge in [0, 0.05) is 25.0 Å². The zero-order valence-electron chi connectivity index (χ0n) is 10.7. The summed E-state index contributed by atoms with van der Waals surface area (Å²) in [4.78, 5) is 13.8. The van der Waals surface area contributed by atoms with E-state index in [1.807, 2.05) is 31.2 Å². The Labute approximate surface area is 103 Å². The third-order valence-electron chi connectivity index (χ3n) is 2.78. The molecule has 0 bridgehead atoms. The second kappa shape index (κ2) is 6.13. The molecular formula is C13H21N3O. The van der Waals surface area contributed by atoms with Crippen molar-refractivity contribution in [2.45, 2.75) is 26.3 Å². The predicted octanol–water partition coefficient (Wildman–Crippen LogP) is 1.62. The van der Waals surface area contributed by atoms with Crippen LogP contribution in [0.4, 0.5) is 11.4 Å². The smallest absolute Gasteiger partial charge is 0.242 e. The Hall–Kier alpha value is -1.71. The zero-order valence-corrected chi connectivity index (χ0v) is 10.7. The Morgan fingerprint density at radius 1 is 1.41 bits per heavy atom. The first-order chi connectivity index (χ1) is 8.10. The maximum Gasteiger partial charge on any atom is 0.242 e. The molecule has 1 aromatic carbocycles. The van der Waals surface area contributed by atoms with Crippen molar-refractivity contribution < 1.29 is 4.79 Å². The van der Waals surface area contributed by atoms with Gasteiger partial charge in [-0.25, -0.2) is 0 Å². The molecular weight excluding hydrogens is 214 g/mol. The molecule has 0 fully saturated rings. The fourth-order valence-corrected chi connectivity index (χ4v) is 1.80. The van der Waals surface area contributed by atoms with Gasteiger partial charge in [-0.1, -0.05) is 6.92 Å². The lowest BCUT2D eigenvalue weighted by atomic mass is 10.2. The summed E-state index contributed by atoms with van der Waals surface area (Å²) in [5, 5.41) is 2.68. The summed E-state index contributed by atoms with van der Waals surface area (Å²) in [5.74, 6) is 0.0234. The van der Waals surface area contributed by atoms with Crippen molar-refractivity contribution >= 4 is 17.3 Å². The molecule has 0 saturated heterocycles. The highest BCUT2D eigenvalue weighted by Crippen LogP contribution is 2.19. The largest absolute Gasteiger partial charge is 0.399 e. The number of nitrogens with two attached hydrogens (primary N) is 1. The average Bonchev–Trinajstić information content (AvgIpc) is 2.35. The Bertz CT molecular complexity index is 361. The van der Waals surface area contributed by atoms with Crippen molar-refractivity contribution in [3.05, 3.63) is 24.3 Å². The summed E-state index contributed by atoms with van der Waals surface area (Å²) in [5.41, 5.74) is 7.42. The predicted molar refractivity (Wildman–Crippen MR) is 72.0 cm³/mol. The van der Waals surface area contributed by atoms with Crippen molar-refractivity contribution in [2.75, 3.05) is 24.2 Å². The van der Waals surface area contributed by atoms with E-state index in [1.165, 1.54) is 0 Å². The van der Waals surface area contributed by atoms with Gasteiger partial charge in [0.1, 0.15) is 6.04 Å². The average molecular weight is 235 g/mol. The van der Waals surface area contributed by atoms with Crippen molar-refractivity contribution in [1.82, 2.24) is 5.32 Å². The summed E-state index contributed by atoms with van der Waals surface area (Å²) in [7, 11) is 1.66. The normalized spacial score (nSPS) is 11.9. The fraction of sp³-hybridized carbons (Fsp3) is 0.462. The van der Waals surface area contributed by atoms with Gasteiger partial charge in [-0.05, 0) is 37.6 Å². The number of amides is 1. The van der Waals surface area contributed by atoms with Gasteiger partial charge in [-0.3, -0.25) is 4.79 Å². The van der Waals surface area contributed by atoms with E-state index >= 15 is 0 Å². The van der Waals surface area contributed by atoms with Crippen LogP contribution in [0.15, 0.2) is 24.3 Å². The van der Waals surface area contributed by atoms with Crippen LogP contribution in [0.2, 0.25) is 0 Å². The molecule has 0 heterocycles. The number of nitrogens with zero attached hydrogens (tertiary/aromatic N) is 1. The van der Waals surface area contributed by atoms with Crippen LogP contribution in [0.5, 0.6) is 0 Å². The second-order valence-corrected chi connectivity index (χ2v) is 4.08. The molecule has 17 heavy (non-hydrogen) atoms. The van der Waals surface area contributed by atoms with E-state index in [4.69, 9.17) is 5.73 Å². The molecule has 0 spiro atoms. The van der Waals surface area contributed by atoms with Crippen LogP contribution in [0.25, 0.3) is 0 Å². The minimum Gasteiger partial charge on any atom is -0.399 e. The number of carbonyl (C=O) groups excluding carboxylic acids is 1. The second-order valence-electron chi connectivity index (χ2n) is 4.08. The highest BCUT2D eigenvalue weighted by molar-refractivity contribution is 5.84. The molecule has 3 N–H and O–H groups in total. The van der Waals surface area contributed by atoms with E-state index in [-0.39, 0.29) is 11.9 Å². The summed E-state index contributed by atoms with van der Waals surface area (Å²) >= 11 is 0. The lowest BCUT2D eigenvalue weighted by Crippen LogP contribution is -2.44. The molecule has 1 amide bonds. The van der Waals surface area contributed by atoms with Crippen LogP contribution in [0.3, 0.4) is 0 Å². The molecule has 0 saturated carbocycles. The van der Waals surface area contributed by atoms with Crippen molar-refractivity contribution in [1.29, 1.82) is 0 Å². The SMILES string of the molecule is CCCN(c1ccc(N)cc1)C(C)C(=O)NC. The van der Waals surface area contributed by atoms with E-state index in [2.05, 4.69) is 17.1 Å². The van der Waals surface area contributed by atoms with Crippen LogP contribution in [0.1, 0.15) is 20.3 Å². The number of benzene rings is 1. The summed E-state index contributed by atoms with van der Waals surface area (Å²) in [6.45, 7) is 4.85. The number of nitrogens with one attached hydrogen (secondary N) is 1. The van der Waals surface area contributed by atoms with Crippen molar-refractivity contribution in [2.24, 2.45) is 0 Å². The number of rotatable bonds is 5. The maximum absolute atomic E-state index is 11.7. The van der Waals surface area contributed by atoms with E-state index in [0.717, 1.165) is 24.3 Å². The number of nitrogen functional groups attached to an aromatic ring is 1. The number of carbonyl (C=O) groups is 1. The lowest BCUT2D eigenvalue weighted by molar-refractivity contribution is -0.121. The molecule has 94 valence electrons. The highest BCUT2D eigenvalue weighted by Gasteiger charge is 2.19. The first-order valence-electron chi connectivity index (χ1n) is 5.94. The van der Waals surface area contributed by atoms with Crippen LogP contribution < -0.4 is 16.0 Å². The van der Waals surface area contributed by atoms with E-state index in [1.54, 1.807) is 7.05 Å². The van der Waals surface area contributed by atoms with Crippen molar-refractivity contribution in [3.63, 3.8) is 0 Å². The van der Waals surface area contributed by atoms with Gasteiger partial charge >= 0.3 is 0 Å². The highest BCUT2D eigenvalue weighted by atomic mass is 16.2. The Morgan fingerprint density at radius 2 is 2.00 bits per heavy atom. The van der Waals surface area contributed by atoms with Crippen LogP contribution in [-0.2, 0) is 4.79 Å². The molecule has 4 heteroatoms. The first kappa shape index (κ1) is 13.4.